The molecule has 0 aromatic rings. The smallest absolute Gasteiger partial charge is 0.129 e. The van der Waals surface area contributed by atoms with Gasteiger partial charge < -0.3 is 9.90 Å². The van der Waals surface area contributed by atoms with E-state index >= 15 is 0 Å². The van der Waals surface area contributed by atoms with Gasteiger partial charge >= 0.3 is 0 Å². The highest BCUT2D eigenvalue weighted by molar-refractivity contribution is 5.75. The Kier molecular flexibility index (Phi) is 5.12. The first-order chi connectivity index (χ1) is 6.74. The number of aliphatic hydroxyl groups is 1. The molecule has 1 rings (SSSR count). The number of aliphatic hydroxyl groups excluding tert-OH is 1. The van der Waals surface area contributed by atoms with Crippen molar-refractivity contribution in [3.05, 3.63) is 0 Å². The summed E-state index contributed by atoms with van der Waals surface area (Å²) in [6.07, 6.45) is 5.34. The summed E-state index contributed by atoms with van der Waals surface area (Å²) in [5.41, 5.74) is 0. The molecule has 0 amide bonds. The lowest BCUT2D eigenvalue weighted by molar-refractivity contribution is -0.117. The van der Waals surface area contributed by atoms with Gasteiger partial charge in [-0.2, -0.15) is 0 Å². The molecule has 1 aliphatic carbocycles. The highest BCUT2D eigenvalue weighted by atomic mass is 16.3. The molecule has 0 aromatic heterocycles. The third-order valence-electron chi connectivity index (χ3n) is 2.67. The maximum absolute atomic E-state index is 10.7. The van der Waals surface area contributed by atoms with Crippen molar-refractivity contribution in [2.24, 2.45) is 0 Å². The highest BCUT2D eigenvalue weighted by Gasteiger charge is 2.27. The van der Waals surface area contributed by atoms with E-state index in [-0.39, 0.29) is 12.4 Å². The van der Waals surface area contributed by atoms with Crippen LogP contribution in [0.25, 0.3) is 0 Å². The van der Waals surface area contributed by atoms with Gasteiger partial charge in [0.25, 0.3) is 0 Å². The monoisotopic (exact) mass is 199 g/mol. The molecule has 3 nitrogen and oxygen atoms in total. The van der Waals surface area contributed by atoms with Crippen LogP contribution in [-0.2, 0) is 4.79 Å². The van der Waals surface area contributed by atoms with Crippen molar-refractivity contribution in [2.45, 2.75) is 45.1 Å². The summed E-state index contributed by atoms with van der Waals surface area (Å²) < 4.78 is 0. The summed E-state index contributed by atoms with van der Waals surface area (Å²) in [5.74, 6) is 0.283. The summed E-state index contributed by atoms with van der Waals surface area (Å²) in [5, 5.41) is 8.86. The number of hydrogen-bond acceptors (Lipinski definition) is 3. The third-order valence-corrected chi connectivity index (χ3v) is 2.67. The minimum atomic E-state index is 0.253. The molecule has 14 heavy (non-hydrogen) atoms. The van der Waals surface area contributed by atoms with Crippen molar-refractivity contribution < 1.29 is 9.90 Å². The molecule has 0 bridgehead atoms. The van der Waals surface area contributed by atoms with Crippen LogP contribution >= 0.6 is 0 Å². The average molecular weight is 199 g/mol. The fourth-order valence-electron chi connectivity index (χ4n) is 1.73. The predicted molar refractivity (Wildman–Crippen MR) is 56.2 cm³/mol. The van der Waals surface area contributed by atoms with E-state index in [0.29, 0.717) is 6.42 Å². The van der Waals surface area contributed by atoms with Gasteiger partial charge in [0.15, 0.2) is 0 Å². The molecule has 3 heteroatoms. The fourth-order valence-corrected chi connectivity index (χ4v) is 1.73. The van der Waals surface area contributed by atoms with Crippen LogP contribution in [0, 0.1) is 0 Å². The van der Waals surface area contributed by atoms with Gasteiger partial charge in [-0.05, 0) is 39.2 Å². The Labute approximate surface area is 86.1 Å². The van der Waals surface area contributed by atoms with Crippen LogP contribution in [0.4, 0.5) is 0 Å². The van der Waals surface area contributed by atoms with Crippen LogP contribution in [0.5, 0.6) is 0 Å². The van der Waals surface area contributed by atoms with E-state index in [0.717, 1.165) is 32.0 Å². The zero-order valence-electron chi connectivity index (χ0n) is 9.04. The summed E-state index contributed by atoms with van der Waals surface area (Å²) in [6.45, 7) is 3.73. The van der Waals surface area contributed by atoms with Gasteiger partial charge in [-0.25, -0.2) is 0 Å². The molecular weight excluding hydrogens is 178 g/mol. The summed E-state index contributed by atoms with van der Waals surface area (Å²) in [6, 6.07) is 0.722. The number of carbonyl (C=O) groups excluding carboxylic acids is 1. The highest BCUT2D eigenvalue weighted by Crippen LogP contribution is 2.26. The molecule has 0 aliphatic heterocycles. The first-order valence-electron chi connectivity index (χ1n) is 5.58. The van der Waals surface area contributed by atoms with E-state index < -0.39 is 0 Å². The number of unbranched alkanes of at least 4 members (excludes halogenated alkanes) is 1. The molecule has 0 unspecified atom stereocenters. The lowest BCUT2D eigenvalue weighted by atomic mass is 10.2. The number of rotatable bonds is 8. The molecular formula is C11H21NO2. The van der Waals surface area contributed by atoms with Crippen molar-refractivity contribution >= 4 is 5.78 Å². The van der Waals surface area contributed by atoms with E-state index in [2.05, 4.69) is 4.90 Å². The quantitative estimate of drug-likeness (QED) is 0.597. The van der Waals surface area contributed by atoms with Crippen LogP contribution < -0.4 is 0 Å². The Bertz CT molecular complexity index is 178. The Morgan fingerprint density at radius 1 is 1.36 bits per heavy atom. The minimum Gasteiger partial charge on any atom is -0.395 e. The van der Waals surface area contributed by atoms with Gasteiger partial charge in [-0.1, -0.05) is 0 Å². The number of nitrogens with zero attached hydrogens (tertiary/aromatic N) is 1. The van der Waals surface area contributed by atoms with Gasteiger partial charge in [0, 0.05) is 19.0 Å². The topological polar surface area (TPSA) is 40.5 Å². The Morgan fingerprint density at radius 2 is 2.07 bits per heavy atom. The van der Waals surface area contributed by atoms with Crippen molar-refractivity contribution in [1.82, 2.24) is 4.90 Å². The fraction of sp³-hybridized carbons (Fsp3) is 0.909. The number of carbonyl (C=O) groups is 1. The van der Waals surface area contributed by atoms with Gasteiger partial charge in [0.1, 0.15) is 5.78 Å². The summed E-state index contributed by atoms with van der Waals surface area (Å²) >= 11 is 0. The van der Waals surface area contributed by atoms with E-state index in [1.807, 2.05) is 0 Å². The SMILES string of the molecule is CC(=O)CCCCN(CCO)C1CC1. The van der Waals surface area contributed by atoms with E-state index in [1.165, 1.54) is 12.8 Å². The molecule has 1 N–H and O–H groups in total. The van der Waals surface area contributed by atoms with Crippen molar-refractivity contribution in [2.75, 3.05) is 19.7 Å². The normalized spacial score (nSPS) is 16.2. The molecule has 1 aliphatic rings. The second-order valence-electron chi connectivity index (χ2n) is 4.15. The molecule has 82 valence electrons. The van der Waals surface area contributed by atoms with E-state index in [9.17, 15) is 4.79 Å². The second kappa shape index (κ2) is 6.14. The molecule has 0 heterocycles. The average Bonchev–Trinajstić information content (AvgIpc) is 2.93. The van der Waals surface area contributed by atoms with E-state index in [1.54, 1.807) is 6.92 Å². The molecule has 0 spiro atoms. The van der Waals surface area contributed by atoms with Crippen molar-refractivity contribution in [3.63, 3.8) is 0 Å². The first kappa shape index (κ1) is 11.7. The Morgan fingerprint density at radius 3 is 2.57 bits per heavy atom. The third kappa shape index (κ3) is 4.72. The van der Waals surface area contributed by atoms with Gasteiger partial charge in [-0.3, -0.25) is 4.90 Å². The predicted octanol–water partition coefficient (Wildman–Crippen LogP) is 1.20. The number of ketones is 1. The van der Waals surface area contributed by atoms with Crippen molar-refractivity contribution in [1.29, 1.82) is 0 Å². The zero-order chi connectivity index (χ0) is 10.4. The molecule has 0 atom stereocenters. The summed E-state index contributed by atoms with van der Waals surface area (Å²) in [4.78, 5) is 13.1. The van der Waals surface area contributed by atoms with Crippen LogP contribution in [0.15, 0.2) is 0 Å². The standard InChI is InChI=1S/C11H21NO2/c1-10(14)4-2-3-7-12(8-9-13)11-5-6-11/h11,13H,2-9H2,1H3. The largest absolute Gasteiger partial charge is 0.395 e. The molecule has 1 saturated carbocycles. The zero-order valence-corrected chi connectivity index (χ0v) is 9.04. The lowest BCUT2D eigenvalue weighted by Gasteiger charge is -2.20. The Balaban J connectivity index is 2.04. The minimum absolute atomic E-state index is 0.253. The van der Waals surface area contributed by atoms with Crippen LogP contribution in [-0.4, -0.2) is 41.5 Å². The van der Waals surface area contributed by atoms with Gasteiger partial charge in [0.2, 0.25) is 0 Å². The maximum Gasteiger partial charge on any atom is 0.129 e. The lowest BCUT2D eigenvalue weighted by Crippen LogP contribution is -2.30. The molecule has 0 radical (unpaired) electrons. The van der Waals surface area contributed by atoms with Crippen LogP contribution in [0.2, 0.25) is 0 Å². The second-order valence-corrected chi connectivity index (χ2v) is 4.15. The molecule has 0 saturated heterocycles. The number of Topliss-reactive ketones (excluding diaryl/α,β-unsaturated/α-hetero) is 1. The van der Waals surface area contributed by atoms with Gasteiger partial charge in [-0.15, -0.1) is 0 Å². The van der Waals surface area contributed by atoms with Crippen LogP contribution in [0.1, 0.15) is 39.0 Å². The molecule has 0 aromatic carbocycles. The Hall–Kier alpha value is -0.410. The van der Waals surface area contributed by atoms with Gasteiger partial charge in [0.05, 0.1) is 6.61 Å². The maximum atomic E-state index is 10.7. The van der Waals surface area contributed by atoms with E-state index in [4.69, 9.17) is 5.11 Å². The summed E-state index contributed by atoms with van der Waals surface area (Å²) in [7, 11) is 0. The van der Waals surface area contributed by atoms with Crippen LogP contribution in [0.3, 0.4) is 0 Å². The number of hydrogen-bond donors (Lipinski definition) is 1. The van der Waals surface area contributed by atoms with Crippen molar-refractivity contribution in [3.8, 4) is 0 Å². The first-order valence-corrected chi connectivity index (χ1v) is 5.58. The molecule has 1 fully saturated rings.